The van der Waals surface area contributed by atoms with Gasteiger partial charge in [0.25, 0.3) is 0 Å². The van der Waals surface area contributed by atoms with E-state index in [0.29, 0.717) is 19.4 Å². The van der Waals surface area contributed by atoms with Crippen LogP contribution in [0.1, 0.15) is 36.0 Å². The number of methoxy groups -OCH3 is 1. The molecule has 9 heteroatoms. The minimum atomic E-state index is -3.83. The van der Waals surface area contributed by atoms with Gasteiger partial charge in [0.05, 0.1) is 17.6 Å². The Balaban J connectivity index is 1.55. The van der Waals surface area contributed by atoms with E-state index in [-0.39, 0.29) is 35.4 Å². The molecule has 0 aliphatic carbocycles. The molecule has 0 radical (unpaired) electrons. The van der Waals surface area contributed by atoms with Gasteiger partial charge in [-0.2, -0.15) is 4.31 Å². The third kappa shape index (κ3) is 5.15. The van der Waals surface area contributed by atoms with Crippen molar-refractivity contribution in [2.24, 2.45) is 5.92 Å². The van der Waals surface area contributed by atoms with Crippen LogP contribution in [0.4, 0.5) is 0 Å². The Labute approximate surface area is 172 Å². The molecule has 0 bridgehead atoms. The molecule has 160 valence electrons. The Morgan fingerprint density at radius 2 is 1.76 bits per heavy atom. The van der Waals surface area contributed by atoms with Crippen LogP contribution in [0.2, 0.25) is 0 Å². The van der Waals surface area contributed by atoms with Gasteiger partial charge < -0.3 is 15.0 Å². The second kappa shape index (κ2) is 9.69. The Hall–Kier alpha value is -1.97. The van der Waals surface area contributed by atoms with Crippen LogP contribution in [-0.4, -0.2) is 75.9 Å². The number of piperidine rings is 1. The van der Waals surface area contributed by atoms with E-state index in [2.05, 4.69) is 10.2 Å². The molecule has 2 fully saturated rings. The first kappa shape index (κ1) is 21.7. The zero-order valence-electron chi connectivity index (χ0n) is 16.8. The van der Waals surface area contributed by atoms with Gasteiger partial charge in [-0.15, -0.1) is 0 Å². The van der Waals surface area contributed by atoms with Gasteiger partial charge >= 0.3 is 5.97 Å². The highest BCUT2D eigenvalue weighted by Gasteiger charge is 2.34. The number of carbonyl (C=O) groups excluding carboxylic acids is 2. The van der Waals surface area contributed by atoms with E-state index < -0.39 is 16.0 Å². The number of hydrogen-bond acceptors (Lipinski definition) is 6. The Morgan fingerprint density at radius 3 is 2.41 bits per heavy atom. The van der Waals surface area contributed by atoms with Crippen molar-refractivity contribution >= 4 is 21.9 Å². The van der Waals surface area contributed by atoms with Crippen molar-refractivity contribution in [1.29, 1.82) is 0 Å². The Bertz CT molecular complexity index is 828. The van der Waals surface area contributed by atoms with Crippen LogP contribution in [0, 0.1) is 5.92 Å². The van der Waals surface area contributed by atoms with Crippen molar-refractivity contribution in [3.63, 3.8) is 0 Å². The molecule has 29 heavy (non-hydrogen) atoms. The topological polar surface area (TPSA) is 96.0 Å². The van der Waals surface area contributed by atoms with Crippen LogP contribution in [0.15, 0.2) is 29.2 Å². The van der Waals surface area contributed by atoms with Gasteiger partial charge in [-0.3, -0.25) is 4.79 Å². The first-order valence-electron chi connectivity index (χ1n) is 10.1. The summed E-state index contributed by atoms with van der Waals surface area (Å²) in [5.74, 6) is -0.872. The summed E-state index contributed by atoms with van der Waals surface area (Å²) in [5.41, 5.74) is 0.0248. The van der Waals surface area contributed by atoms with Crippen molar-refractivity contribution in [3.8, 4) is 0 Å². The van der Waals surface area contributed by atoms with Crippen LogP contribution >= 0.6 is 0 Å². The van der Waals surface area contributed by atoms with Gasteiger partial charge in [0.1, 0.15) is 0 Å². The quantitative estimate of drug-likeness (QED) is 0.660. The van der Waals surface area contributed by atoms with E-state index in [1.165, 1.54) is 36.4 Å². The van der Waals surface area contributed by atoms with Crippen molar-refractivity contribution in [3.05, 3.63) is 29.8 Å². The zero-order chi connectivity index (χ0) is 20.9. The summed E-state index contributed by atoms with van der Waals surface area (Å²) in [4.78, 5) is 26.6. The molecule has 2 heterocycles. The summed E-state index contributed by atoms with van der Waals surface area (Å²) in [5, 5.41) is 2.99. The molecular formula is C20H29N3O5S. The number of benzene rings is 1. The van der Waals surface area contributed by atoms with E-state index in [9.17, 15) is 18.0 Å². The maximum absolute atomic E-state index is 13.0. The van der Waals surface area contributed by atoms with Crippen LogP contribution in [-0.2, 0) is 19.6 Å². The molecule has 1 aromatic rings. The maximum Gasteiger partial charge on any atom is 0.339 e. The number of hydrogen-bond donors (Lipinski definition) is 1. The average molecular weight is 424 g/mol. The second-order valence-electron chi connectivity index (χ2n) is 7.51. The van der Waals surface area contributed by atoms with Gasteiger partial charge in [0.15, 0.2) is 0 Å². The lowest BCUT2D eigenvalue weighted by atomic mass is 9.97. The van der Waals surface area contributed by atoms with Crippen LogP contribution in [0.3, 0.4) is 0 Å². The fourth-order valence-corrected chi connectivity index (χ4v) is 5.60. The second-order valence-corrected chi connectivity index (χ2v) is 9.41. The van der Waals surface area contributed by atoms with Crippen molar-refractivity contribution in [2.75, 3.05) is 46.4 Å². The number of amides is 1. The normalized spacial score (nSPS) is 19.2. The third-order valence-corrected chi connectivity index (χ3v) is 7.62. The van der Waals surface area contributed by atoms with E-state index in [4.69, 9.17) is 4.74 Å². The number of carbonyl (C=O) groups is 2. The van der Waals surface area contributed by atoms with Gasteiger partial charge in [0.2, 0.25) is 15.9 Å². The summed E-state index contributed by atoms with van der Waals surface area (Å²) in [6.07, 6.45) is 3.38. The fraction of sp³-hybridized carbons (Fsp3) is 0.600. The summed E-state index contributed by atoms with van der Waals surface area (Å²) < 4.78 is 32.1. The Morgan fingerprint density at radius 1 is 1.10 bits per heavy atom. The van der Waals surface area contributed by atoms with Crippen LogP contribution < -0.4 is 5.32 Å². The first-order chi connectivity index (χ1) is 13.9. The molecule has 2 aliphatic rings. The predicted molar refractivity (Wildman–Crippen MR) is 108 cm³/mol. The monoisotopic (exact) mass is 423 g/mol. The zero-order valence-corrected chi connectivity index (χ0v) is 17.6. The lowest BCUT2D eigenvalue weighted by Gasteiger charge is -2.31. The summed E-state index contributed by atoms with van der Waals surface area (Å²) >= 11 is 0. The third-order valence-electron chi connectivity index (χ3n) is 5.66. The smallest absolute Gasteiger partial charge is 0.339 e. The highest BCUT2D eigenvalue weighted by molar-refractivity contribution is 7.89. The highest BCUT2D eigenvalue weighted by atomic mass is 32.2. The summed E-state index contributed by atoms with van der Waals surface area (Å²) in [6, 6.07) is 6.04. The van der Waals surface area contributed by atoms with E-state index in [1.807, 2.05) is 0 Å². The molecule has 2 aliphatic heterocycles. The lowest BCUT2D eigenvalue weighted by molar-refractivity contribution is -0.126. The molecule has 0 atom stereocenters. The van der Waals surface area contributed by atoms with Crippen molar-refractivity contribution in [1.82, 2.24) is 14.5 Å². The van der Waals surface area contributed by atoms with E-state index in [0.717, 1.165) is 19.6 Å². The fourth-order valence-electron chi connectivity index (χ4n) is 3.96. The first-order valence-corrected chi connectivity index (χ1v) is 11.5. The standard InChI is InChI=1S/C20H29N3O5S/c1-28-20(25)17-6-2-3-7-18(17)29(26,27)23-13-8-16(9-14-23)19(24)21-10-15-22-11-4-5-12-22/h2-3,6-7,16H,4-5,8-15H2,1H3,(H,21,24). The molecule has 2 saturated heterocycles. The molecule has 0 unspecified atom stereocenters. The van der Waals surface area contributed by atoms with Crippen LogP contribution in [0.25, 0.3) is 0 Å². The van der Waals surface area contributed by atoms with Crippen molar-refractivity contribution < 1.29 is 22.7 Å². The average Bonchev–Trinajstić information content (AvgIpc) is 3.26. The predicted octanol–water partition coefficient (Wildman–Crippen LogP) is 1.09. The van der Waals surface area contributed by atoms with E-state index >= 15 is 0 Å². The van der Waals surface area contributed by atoms with Crippen LogP contribution in [0.5, 0.6) is 0 Å². The van der Waals surface area contributed by atoms with Gasteiger partial charge in [-0.05, 0) is 50.9 Å². The van der Waals surface area contributed by atoms with E-state index in [1.54, 1.807) is 12.1 Å². The number of esters is 1. The maximum atomic E-state index is 13.0. The number of nitrogens with one attached hydrogen (secondary N) is 1. The Kier molecular flexibility index (Phi) is 7.26. The number of ether oxygens (including phenoxy) is 1. The largest absolute Gasteiger partial charge is 0.465 e. The minimum Gasteiger partial charge on any atom is -0.465 e. The lowest BCUT2D eigenvalue weighted by Crippen LogP contribution is -2.44. The summed E-state index contributed by atoms with van der Waals surface area (Å²) in [6.45, 7) is 4.19. The van der Waals surface area contributed by atoms with Crippen molar-refractivity contribution in [2.45, 2.75) is 30.6 Å². The highest BCUT2D eigenvalue weighted by Crippen LogP contribution is 2.26. The molecule has 0 spiro atoms. The molecule has 1 amide bonds. The molecule has 1 aromatic carbocycles. The van der Waals surface area contributed by atoms with Gasteiger partial charge in [-0.1, -0.05) is 12.1 Å². The molecule has 1 N–H and O–H groups in total. The molecule has 0 aromatic heterocycles. The number of sulfonamides is 1. The molecule has 8 nitrogen and oxygen atoms in total. The SMILES string of the molecule is COC(=O)c1ccccc1S(=O)(=O)N1CCC(C(=O)NCCN2CCCC2)CC1. The number of nitrogens with zero attached hydrogens (tertiary/aromatic N) is 2. The summed E-state index contributed by atoms with van der Waals surface area (Å²) in [7, 11) is -2.61. The molecular weight excluding hydrogens is 394 g/mol. The van der Waals surface area contributed by atoms with Gasteiger partial charge in [-0.25, -0.2) is 13.2 Å². The number of rotatable bonds is 7. The van der Waals surface area contributed by atoms with Gasteiger partial charge in [0, 0.05) is 32.1 Å². The molecule has 3 rings (SSSR count). The molecule has 0 saturated carbocycles. The minimum absolute atomic E-state index is 0.00351. The number of likely N-dealkylation sites (tertiary alicyclic amines) is 1.